The number of nitrogens with zero attached hydrogens (tertiary/aromatic N) is 5. The lowest BCUT2D eigenvalue weighted by Crippen LogP contribution is -2.22. The zero-order chi connectivity index (χ0) is 22.3. The van der Waals surface area contributed by atoms with Crippen LogP contribution in [0.5, 0.6) is 0 Å². The van der Waals surface area contributed by atoms with E-state index in [9.17, 15) is 8.78 Å². The van der Waals surface area contributed by atoms with Crippen LogP contribution in [-0.4, -0.2) is 24.7 Å². The van der Waals surface area contributed by atoms with E-state index in [-0.39, 0.29) is 5.56 Å². The smallest absolute Gasteiger partial charge is 0.224 e. The summed E-state index contributed by atoms with van der Waals surface area (Å²) >= 11 is 0. The van der Waals surface area contributed by atoms with E-state index in [1.54, 1.807) is 18.3 Å². The largest absolute Gasteiger partial charge is 0.256 e. The lowest BCUT2D eigenvalue weighted by atomic mass is 9.85. The Kier molecular flexibility index (Phi) is 4.74. The van der Waals surface area contributed by atoms with Crippen LogP contribution in [0.25, 0.3) is 27.8 Å². The second-order valence-electron chi connectivity index (χ2n) is 8.00. The maximum Gasteiger partial charge on any atom is 0.224 e. The third-order valence-corrected chi connectivity index (χ3v) is 5.58. The average Bonchev–Trinajstić information content (AvgIpc) is 3.30. The minimum atomic E-state index is -0.888. The lowest BCUT2D eigenvalue weighted by Gasteiger charge is -2.22. The van der Waals surface area contributed by atoms with Crippen LogP contribution in [0.3, 0.4) is 0 Å². The Morgan fingerprint density at radius 1 is 0.812 bits per heavy atom. The van der Waals surface area contributed by atoms with Gasteiger partial charge in [0.2, 0.25) is 11.9 Å². The van der Waals surface area contributed by atoms with Gasteiger partial charge in [-0.2, -0.15) is 18.9 Å². The predicted octanol–water partition coefficient (Wildman–Crippen LogP) is 5.48. The first kappa shape index (κ1) is 19.9. The fraction of sp³-hybridized carbons (Fsp3) is 0.120. The Balaban J connectivity index is 1.54. The Morgan fingerprint density at radius 2 is 1.66 bits per heavy atom. The molecule has 0 amide bonds. The van der Waals surface area contributed by atoms with Crippen molar-refractivity contribution in [3.8, 4) is 16.9 Å². The Morgan fingerprint density at radius 3 is 2.50 bits per heavy atom. The third-order valence-electron chi connectivity index (χ3n) is 5.58. The zero-order valence-corrected chi connectivity index (χ0v) is 17.5. The van der Waals surface area contributed by atoms with E-state index in [0.717, 1.165) is 28.4 Å². The molecular weight excluding hydrogens is 408 g/mol. The van der Waals surface area contributed by atoms with Gasteiger partial charge in [0.25, 0.3) is 0 Å². The molecule has 0 radical (unpaired) electrons. The number of pyridine rings is 3. The third kappa shape index (κ3) is 3.41. The Bertz CT molecular complexity index is 1440. The molecule has 32 heavy (non-hydrogen) atoms. The van der Waals surface area contributed by atoms with Crippen molar-refractivity contribution in [1.82, 2.24) is 24.7 Å². The van der Waals surface area contributed by atoms with Crippen LogP contribution >= 0.6 is 0 Å². The number of halogens is 2. The molecule has 5 rings (SSSR count). The second kappa shape index (κ2) is 7.60. The summed E-state index contributed by atoms with van der Waals surface area (Å²) in [6.07, 6.45) is 3.67. The van der Waals surface area contributed by atoms with Gasteiger partial charge in [0, 0.05) is 17.8 Å². The molecule has 0 aliphatic heterocycles. The molecule has 4 heterocycles. The molecule has 0 N–H and O–H groups in total. The fourth-order valence-corrected chi connectivity index (χ4v) is 3.75. The molecule has 4 aromatic heterocycles. The molecule has 0 fully saturated rings. The monoisotopic (exact) mass is 427 g/mol. The quantitative estimate of drug-likeness (QED) is 0.356. The van der Waals surface area contributed by atoms with Crippen LogP contribution in [0.1, 0.15) is 25.2 Å². The van der Waals surface area contributed by atoms with Crippen molar-refractivity contribution >= 4 is 10.9 Å². The van der Waals surface area contributed by atoms with Crippen LogP contribution in [-0.2, 0) is 5.41 Å². The van der Waals surface area contributed by atoms with Crippen LogP contribution in [0.4, 0.5) is 8.78 Å². The van der Waals surface area contributed by atoms with Crippen molar-refractivity contribution in [2.75, 3.05) is 0 Å². The SMILES string of the molecule is CC(C)(c1cccc(-c2ccc(F)nc2F)n1)c1ccn(-c2cccc3ncccc23)n1. The normalized spacial score (nSPS) is 11.8. The maximum atomic E-state index is 14.2. The van der Waals surface area contributed by atoms with E-state index in [4.69, 9.17) is 5.10 Å². The van der Waals surface area contributed by atoms with E-state index in [1.165, 1.54) is 6.07 Å². The molecule has 5 nitrogen and oxygen atoms in total. The molecule has 1 aromatic carbocycles. The van der Waals surface area contributed by atoms with Crippen molar-refractivity contribution in [1.29, 1.82) is 0 Å². The molecule has 0 saturated carbocycles. The van der Waals surface area contributed by atoms with Gasteiger partial charge in [0.15, 0.2) is 0 Å². The highest BCUT2D eigenvalue weighted by atomic mass is 19.1. The molecule has 0 aliphatic carbocycles. The first-order valence-electron chi connectivity index (χ1n) is 10.1. The van der Waals surface area contributed by atoms with E-state index >= 15 is 0 Å². The maximum absolute atomic E-state index is 14.2. The van der Waals surface area contributed by atoms with Crippen LogP contribution < -0.4 is 0 Å². The summed E-state index contributed by atoms with van der Waals surface area (Å²) < 4.78 is 29.2. The average molecular weight is 427 g/mol. The molecule has 0 bridgehead atoms. The van der Waals surface area contributed by atoms with Gasteiger partial charge in [0.1, 0.15) is 0 Å². The molecule has 0 unspecified atom stereocenters. The van der Waals surface area contributed by atoms with Crippen LogP contribution in [0.2, 0.25) is 0 Å². The molecule has 158 valence electrons. The Hall–Kier alpha value is -4.00. The number of rotatable bonds is 4. The summed E-state index contributed by atoms with van der Waals surface area (Å²) in [6.45, 7) is 4.02. The van der Waals surface area contributed by atoms with Gasteiger partial charge in [-0.3, -0.25) is 9.97 Å². The van der Waals surface area contributed by atoms with E-state index in [1.807, 2.05) is 67.2 Å². The number of hydrogen-bond donors (Lipinski definition) is 0. The van der Waals surface area contributed by atoms with Crippen LogP contribution in [0, 0.1) is 11.9 Å². The first-order chi connectivity index (χ1) is 15.4. The standard InChI is InChI=1S/C25H19F2N5/c1-25(2,21-10-4-8-19(29-21)17-11-12-23(26)30-24(17)27)22-13-15-32(31-22)20-9-3-7-18-16(20)6-5-14-28-18/h3-15H,1-2H3. The topological polar surface area (TPSA) is 56.5 Å². The minimum Gasteiger partial charge on any atom is -0.256 e. The molecule has 0 spiro atoms. The van der Waals surface area contributed by atoms with Crippen molar-refractivity contribution in [2.45, 2.75) is 19.3 Å². The number of fused-ring (bicyclic) bond motifs is 1. The Labute approximate surface area is 183 Å². The van der Waals surface area contributed by atoms with Gasteiger partial charge in [-0.1, -0.05) is 12.1 Å². The summed E-state index contributed by atoms with van der Waals surface area (Å²) in [5.41, 5.74) is 3.32. The summed E-state index contributed by atoms with van der Waals surface area (Å²) in [4.78, 5) is 12.3. The minimum absolute atomic E-state index is 0.151. The van der Waals surface area contributed by atoms with Crippen LogP contribution in [0.15, 0.2) is 79.1 Å². The molecule has 0 atom stereocenters. The summed E-state index contributed by atoms with van der Waals surface area (Å²) in [5, 5.41) is 5.82. The molecular formula is C25H19F2N5. The molecule has 0 saturated heterocycles. The molecule has 7 heteroatoms. The van der Waals surface area contributed by atoms with E-state index in [0.29, 0.717) is 11.4 Å². The van der Waals surface area contributed by atoms with Gasteiger partial charge in [-0.25, -0.2) is 4.68 Å². The highest BCUT2D eigenvalue weighted by molar-refractivity contribution is 5.86. The summed E-state index contributed by atoms with van der Waals surface area (Å²) in [6, 6.07) is 19.6. The first-order valence-corrected chi connectivity index (χ1v) is 10.1. The van der Waals surface area contributed by atoms with Gasteiger partial charge in [-0.05, 0) is 68.4 Å². The van der Waals surface area contributed by atoms with Crippen molar-refractivity contribution in [3.63, 3.8) is 0 Å². The van der Waals surface area contributed by atoms with Crippen molar-refractivity contribution in [3.05, 3.63) is 102 Å². The number of benzene rings is 1. The number of aromatic nitrogens is 5. The highest BCUT2D eigenvalue weighted by Crippen LogP contribution is 2.32. The summed E-state index contributed by atoms with van der Waals surface area (Å²) in [7, 11) is 0. The second-order valence-corrected chi connectivity index (χ2v) is 8.00. The van der Waals surface area contributed by atoms with Crippen molar-refractivity contribution < 1.29 is 8.78 Å². The lowest BCUT2D eigenvalue weighted by molar-refractivity contribution is 0.514. The van der Waals surface area contributed by atoms with Crippen molar-refractivity contribution in [2.24, 2.45) is 0 Å². The fourth-order valence-electron chi connectivity index (χ4n) is 3.75. The number of hydrogen-bond acceptors (Lipinski definition) is 4. The van der Waals surface area contributed by atoms with Gasteiger partial charge < -0.3 is 0 Å². The van der Waals surface area contributed by atoms with E-state index < -0.39 is 17.3 Å². The summed E-state index contributed by atoms with van der Waals surface area (Å²) in [5.74, 6) is -1.75. The molecule has 0 aliphatic rings. The highest BCUT2D eigenvalue weighted by Gasteiger charge is 2.28. The predicted molar refractivity (Wildman–Crippen MR) is 118 cm³/mol. The zero-order valence-electron chi connectivity index (χ0n) is 17.5. The molecule has 5 aromatic rings. The van der Waals surface area contributed by atoms with E-state index in [2.05, 4.69) is 15.0 Å². The van der Waals surface area contributed by atoms with Gasteiger partial charge in [0.05, 0.1) is 39.3 Å². The van der Waals surface area contributed by atoms with Gasteiger partial charge in [-0.15, -0.1) is 0 Å². The van der Waals surface area contributed by atoms with Gasteiger partial charge >= 0.3 is 0 Å².